The zero-order valence-corrected chi connectivity index (χ0v) is 11.4. The van der Waals surface area contributed by atoms with Crippen LogP contribution in [0.3, 0.4) is 0 Å². The molecule has 118 valence electrons. The van der Waals surface area contributed by atoms with Crippen molar-refractivity contribution in [2.75, 3.05) is 18.5 Å². The number of rotatable bonds is 6. The summed E-state index contributed by atoms with van der Waals surface area (Å²) in [5.41, 5.74) is -0.278. The largest absolute Gasteiger partial charge is 0.471 e. The van der Waals surface area contributed by atoms with Gasteiger partial charge in [-0.05, 0) is 24.6 Å². The normalized spacial score (nSPS) is 12.3. The zero-order valence-electron chi connectivity index (χ0n) is 11.4. The molecule has 0 aromatic heterocycles. The van der Waals surface area contributed by atoms with E-state index in [1.165, 1.54) is 18.2 Å². The van der Waals surface area contributed by atoms with E-state index in [1.807, 2.05) is 0 Å². The molecule has 0 heterocycles. The molecular weight excluding hydrogens is 289 g/mol. The molecule has 0 saturated heterocycles. The van der Waals surface area contributed by atoms with Crippen LogP contribution in [0, 0.1) is 0 Å². The number of hydrogen-bond acceptors (Lipinski definition) is 4. The Morgan fingerprint density at radius 1 is 1.24 bits per heavy atom. The van der Waals surface area contributed by atoms with Crippen molar-refractivity contribution >= 4 is 11.6 Å². The highest BCUT2D eigenvalue weighted by molar-refractivity contribution is 5.94. The highest BCUT2D eigenvalue weighted by atomic mass is 19.4. The fourth-order valence-corrected chi connectivity index (χ4v) is 1.44. The van der Waals surface area contributed by atoms with E-state index >= 15 is 0 Å². The van der Waals surface area contributed by atoms with Gasteiger partial charge in [0.2, 0.25) is 0 Å². The second-order valence-corrected chi connectivity index (χ2v) is 4.88. The molecular formula is C13H17F3N2O3. The van der Waals surface area contributed by atoms with E-state index in [2.05, 4.69) is 5.32 Å². The summed E-state index contributed by atoms with van der Waals surface area (Å²) in [6.07, 6.45) is -4.94. The zero-order chi connectivity index (χ0) is 16.1. The van der Waals surface area contributed by atoms with Crippen molar-refractivity contribution in [2.24, 2.45) is 0 Å². The number of anilines is 1. The maximum Gasteiger partial charge on any atom is 0.471 e. The van der Waals surface area contributed by atoms with E-state index in [4.69, 9.17) is 10.2 Å². The Hall–Kier alpha value is -1.64. The summed E-state index contributed by atoms with van der Waals surface area (Å²) in [5.74, 6) is -2.04. The molecule has 0 aliphatic rings. The van der Waals surface area contributed by atoms with Gasteiger partial charge in [0.1, 0.15) is 0 Å². The summed E-state index contributed by atoms with van der Waals surface area (Å²) in [6.45, 7) is 1.22. The third kappa shape index (κ3) is 5.33. The van der Waals surface area contributed by atoms with Crippen LogP contribution in [0.25, 0.3) is 0 Å². The lowest BCUT2D eigenvalue weighted by Gasteiger charge is -2.26. The van der Waals surface area contributed by atoms with Crippen molar-refractivity contribution in [2.45, 2.75) is 25.2 Å². The molecule has 0 unspecified atom stereocenters. The van der Waals surface area contributed by atoms with E-state index in [0.29, 0.717) is 5.56 Å². The van der Waals surface area contributed by atoms with Gasteiger partial charge in [-0.1, -0.05) is 12.1 Å². The number of aliphatic hydroxyl groups is 2. The standard InChI is InChI=1S/C13H17F3N2O3/c1-12(7-19,8-20)17-6-9-3-2-4-10(5-9)18-11(21)13(14,15)16/h2-5,17,19-20H,6-8H2,1H3,(H,18,21). The third-order valence-electron chi connectivity index (χ3n) is 2.86. The van der Waals surface area contributed by atoms with Gasteiger partial charge in [-0.25, -0.2) is 0 Å². The van der Waals surface area contributed by atoms with Crippen molar-refractivity contribution in [1.29, 1.82) is 0 Å². The molecule has 0 radical (unpaired) electrons. The predicted octanol–water partition coefficient (Wildman–Crippen LogP) is 1.02. The second-order valence-electron chi connectivity index (χ2n) is 4.88. The van der Waals surface area contributed by atoms with Gasteiger partial charge in [0.25, 0.3) is 0 Å². The summed E-state index contributed by atoms with van der Waals surface area (Å²) in [4.78, 5) is 10.8. The fourth-order valence-electron chi connectivity index (χ4n) is 1.44. The SMILES string of the molecule is CC(CO)(CO)NCc1cccc(NC(=O)C(F)(F)F)c1. The molecule has 21 heavy (non-hydrogen) atoms. The number of halogens is 3. The average Bonchev–Trinajstić information content (AvgIpc) is 2.44. The van der Waals surface area contributed by atoms with E-state index in [-0.39, 0.29) is 25.4 Å². The van der Waals surface area contributed by atoms with Crippen LogP contribution in [-0.4, -0.2) is 41.0 Å². The van der Waals surface area contributed by atoms with Crippen LogP contribution in [0.1, 0.15) is 12.5 Å². The number of carbonyl (C=O) groups excluding carboxylic acids is 1. The summed E-state index contributed by atoms with van der Waals surface area (Å²) in [6, 6.07) is 5.86. The fraction of sp³-hybridized carbons (Fsp3) is 0.462. The molecule has 0 atom stereocenters. The molecule has 8 heteroatoms. The van der Waals surface area contributed by atoms with Crippen molar-refractivity contribution in [1.82, 2.24) is 5.32 Å². The molecule has 0 bridgehead atoms. The maximum absolute atomic E-state index is 12.2. The van der Waals surface area contributed by atoms with Crippen LogP contribution < -0.4 is 10.6 Å². The van der Waals surface area contributed by atoms with Crippen molar-refractivity contribution in [3.63, 3.8) is 0 Å². The first-order valence-corrected chi connectivity index (χ1v) is 6.14. The lowest BCUT2D eigenvalue weighted by Crippen LogP contribution is -2.48. The van der Waals surface area contributed by atoms with Crippen LogP contribution in [-0.2, 0) is 11.3 Å². The minimum atomic E-state index is -4.94. The van der Waals surface area contributed by atoms with E-state index in [0.717, 1.165) is 0 Å². The third-order valence-corrected chi connectivity index (χ3v) is 2.86. The quantitative estimate of drug-likeness (QED) is 0.632. The minimum Gasteiger partial charge on any atom is -0.394 e. The molecule has 0 spiro atoms. The first-order chi connectivity index (χ1) is 9.70. The lowest BCUT2D eigenvalue weighted by atomic mass is 10.0. The smallest absolute Gasteiger partial charge is 0.394 e. The Kier molecular flexibility index (Phi) is 5.70. The highest BCUT2D eigenvalue weighted by Gasteiger charge is 2.38. The van der Waals surface area contributed by atoms with Gasteiger partial charge in [-0.3, -0.25) is 4.79 Å². The van der Waals surface area contributed by atoms with Gasteiger partial charge in [0, 0.05) is 12.2 Å². The molecule has 4 N–H and O–H groups in total. The lowest BCUT2D eigenvalue weighted by molar-refractivity contribution is -0.167. The van der Waals surface area contributed by atoms with Crippen molar-refractivity contribution in [3.05, 3.63) is 29.8 Å². The Morgan fingerprint density at radius 3 is 2.38 bits per heavy atom. The van der Waals surface area contributed by atoms with Crippen LogP contribution in [0.4, 0.5) is 18.9 Å². The maximum atomic E-state index is 12.2. The van der Waals surface area contributed by atoms with E-state index in [9.17, 15) is 18.0 Å². The molecule has 0 aliphatic heterocycles. The topological polar surface area (TPSA) is 81.6 Å². The van der Waals surface area contributed by atoms with E-state index in [1.54, 1.807) is 18.3 Å². The van der Waals surface area contributed by atoms with Gasteiger partial charge >= 0.3 is 12.1 Å². The van der Waals surface area contributed by atoms with Gasteiger partial charge < -0.3 is 20.8 Å². The number of carbonyl (C=O) groups is 1. The number of alkyl halides is 3. The molecule has 0 fully saturated rings. The molecule has 0 saturated carbocycles. The average molecular weight is 306 g/mol. The predicted molar refractivity (Wildman–Crippen MR) is 70.5 cm³/mol. The molecule has 1 amide bonds. The number of nitrogens with one attached hydrogen (secondary N) is 2. The molecule has 1 aromatic carbocycles. The first-order valence-electron chi connectivity index (χ1n) is 6.14. The summed E-state index contributed by atoms with van der Waals surface area (Å²) >= 11 is 0. The Morgan fingerprint density at radius 2 is 1.86 bits per heavy atom. The second kappa shape index (κ2) is 6.88. The monoisotopic (exact) mass is 306 g/mol. The first kappa shape index (κ1) is 17.4. The van der Waals surface area contributed by atoms with Gasteiger partial charge in [0.05, 0.1) is 18.8 Å². The van der Waals surface area contributed by atoms with Crippen LogP contribution in [0.2, 0.25) is 0 Å². The number of hydrogen-bond donors (Lipinski definition) is 4. The molecule has 1 rings (SSSR count). The highest BCUT2D eigenvalue weighted by Crippen LogP contribution is 2.19. The van der Waals surface area contributed by atoms with Crippen LogP contribution in [0.5, 0.6) is 0 Å². The van der Waals surface area contributed by atoms with Crippen LogP contribution in [0.15, 0.2) is 24.3 Å². The molecule has 0 aliphatic carbocycles. The summed E-state index contributed by atoms with van der Waals surface area (Å²) in [5, 5.41) is 22.9. The molecule has 1 aromatic rings. The minimum absolute atomic E-state index is 0.0197. The summed E-state index contributed by atoms with van der Waals surface area (Å²) < 4.78 is 36.5. The van der Waals surface area contributed by atoms with Gasteiger partial charge in [-0.15, -0.1) is 0 Å². The van der Waals surface area contributed by atoms with Crippen LogP contribution >= 0.6 is 0 Å². The van der Waals surface area contributed by atoms with Gasteiger partial charge in [0.15, 0.2) is 0 Å². The Balaban J connectivity index is 2.71. The van der Waals surface area contributed by atoms with Crippen molar-refractivity contribution < 1.29 is 28.2 Å². The number of aliphatic hydroxyl groups excluding tert-OH is 2. The van der Waals surface area contributed by atoms with E-state index < -0.39 is 17.6 Å². The Bertz CT molecular complexity index is 488. The Labute approximate surface area is 119 Å². The molecule has 5 nitrogen and oxygen atoms in total. The summed E-state index contributed by atoms with van der Waals surface area (Å²) in [7, 11) is 0. The number of benzene rings is 1. The van der Waals surface area contributed by atoms with Gasteiger partial charge in [-0.2, -0.15) is 13.2 Å². The van der Waals surface area contributed by atoms with Crippen molar-refractivity contribution in [3.8, 4) is 0 Å². The number of amides is 1.